The number of anilines is 1. The quantitative estimate of drug-likeness (QED) is 0.586. The Balaban J connectivity index is 1.26. The Bertz CT molecular complexity index is 1190. The molecule has 2 aromatic heterocycles. The van der Waals surface area contributed by atoms with E-state index in [-0.39, 0.29) is 17.7 Å². The van der Waals surface area contributed by atoms with Crippen LogP contribution in [0, 0.1) is 0 Å². The summed E-state index contributed by atoms with van der Waals surface area (Å²) in [5.41, 5.74) is 2.61. The summed E-state index contributed by atoms with van der Waals surface area (Å²) in [6, 6.07) is 10.4. The maximum Gasteiger partial charge on any atom is 0.254 e. The van der Waals surface area contributed by atoms with Crippen molar-refractivity contribution in [1.29, 1.82) is 0 Å². The van der Waals surface area contributed by atoms with E-state index < -0.39 is 6.04 Å². The molecular formula is C24H23N5O3S. The topological polar surface area (TPSA) is 104 Å². The van der Waals surface area contributed by atoms with Crippen molar-refractivity contribution in [2.45, 2.75) is 37.8 Å². The standard InChI is InChI=1S/C24H23N5O3S/c30-21(26-18-6-7-18)17-4-1-3-16(13-17)19-14-33-24(27-19)28-22(31)20-5-2-12-29(20)23(32)15-8-10-25-11-9-15/h1,3-4,8-11,13-14,18,20H,2,5-7,12H2,(H,26,30)(H,27,28,31)/t20-/m1/s1. The summed E-state index contributed by atoms with van der Waals surface area (Å²) >= 11 is 1.32. The highest BCUT2D eigenvalue weighted by Crippen LogP contribution is 2.28. The number of benzene rings is 1. The second-order valence-electron chi connectivity index (χ2n) is 8.25. The number of aromatic nitrogens is 2. The van der Waals surface area contributed by atoms with E-state index in [2.05, 4.69) is 20.6 Å². The molecule has 1 atom stereocenters. The van der Waals surface area contributed by atoms with E-state index in [1.54, 1.807) is 35.5 Å². The normalized spacial score (nSPS) is 17.6. The summed E-state index contributed by atoms with van der Waals surface area (Å²) in [5.74, 6) is -0.493. The summed E-state index contributed by atoms with van der Waals surface area (Å²) in [5, 5.41) is 8.17. The van der Waals surface area contributed by atoms with Crippen molar-refractivity contribution in [3.63, 3.8) is 0 Å². The molecular weight excluding hydrogens is 438 g/mol. The van der Waals surface area contributed by atoms with Gasteiger partial charge in [-0.15, -0.1) is 11.3 Å². The van der Waals surface area contributed by atoms with Crippen LogP contribution in [0.1, 0.15) is 46.4 Å². The van der Waals surface area contributed by atoms with E-state index in [0.717, 1.165) is 24.8 Å². The van der Waals surface area contributed by atoms with Crippen LogP contribution in [0.25, 0.3) is 11.3 Å². The SMILES string of the molecule is O=C(NC1CC1)c1cccc(-c2csc(NC(=O)[C@H]3CCCN3C(=O)c3ccncc3)n2)c1. The summed E-state index contributed by atoms with van der Waals surface area (Å²) in [6.45, 7) is 0.540. The highest BCUT2D eigenvalue weighted by Gasteiger charge is 2.35. The Morgan fingerprint density at radius 3 is 2.64 bits per heavy atom. The molecule has 33 heavy (non-hydrogen) atoms. The van der Waals surface area contributed by atoms with Crippen LogP contribution in [0.3, 0.4) is 0 Å². The van der Waals surface area contributed by atoms with Gasteiger partial charge in [0.05, 0.1) is 5.69 Å². The van der Waals surface area contributed by atoms with Gasteiger partial charge in [0.2, 0.25) is 5.91 Å². The predicted molar refractivity (Wildman–Crippen MR) is 125 cm³/mol. The lowest BCUT2D eigenvalue weighted by atomic mass is 10.1. The van der Waals surface area contributed by atoms with E-state index >= 15 is 0 Å². The van der Waals surface area contributed by atoms with E-state index in [0.29, 0.717) is 41.0 Å². The number of hydrogen-bond acceptors (Lipinski definition) is 6. The summed E-state index contributed by atoms with van der Waals surface area (Å²) in [4.78, 5) is 48.2. The molecule has 8 nitrogen and oxygen atoms in total. The molecule has 2 fully saturated rings. The number of thiazole rings is 1. The van der Waals surface area contributed by atoms with Crippen molar-refractivity contribution in [3.8, 4) is 11.3 Å². The molecule has 3 aromatic rings. The number of carbonyl (C=O) groups is 3. The number of nitrogens with zero attached hydrogens (tertiary/aromatic N) is 3. The smallest absolute Gasteiger partial charge is 0.254 e. The molecule has 3 heterocycles. The van der Waals surface area contributed by atoms with Crippen molar-refractivity contribution >= 4 is 34.2 Å². The fourth-order valence-electron chi connectivity index (χ4n) is 3.91. The highest BCUT2D eigenvalue weighted by atomic mass is 32.1. The number of likely N-dealkylation sites (tertiary alicyclic amines) is 1. The molecule has 0 radical (unpaired) electrons. The number of pyridine rings is 1. The Labute approximate surface area is 195 Å². The first-order valence-electron chi connectivity index (χ1n) is 11.0. The van der Waals surface area contributed by atoms with Crippen LogP contribution in [0.5, 0.6) is 0 Å². The first-order chi connectivity index (χ1) is 16.1. The lowest BCUT2D eigenvalue weighted by molar-refractivity contribution is -0.119. The van der Waals surface area contributed by atoms with E-state index in [9.17, 15) is 14.4 Å². The fourth-order valence-corrected chi connectivity index (χ4v) is 4.63. The van der Waals surface area contributed by atoms with Crippen molar-refractivity contribution in [1.82, 2.24) is 20.2 Å². The summed E-state index contributed by atoms with van der Waals surface area (Å²) in [7, 11) is 0. The average Bonchev–Trinajstić information content (AvgIpc) is 3.32. The second kappa shape index (κ2) is 9.11. The number of rotatable bonds is 6. The highest BCUT2D eigenvalue weighted by molar-refractivity contribution is 7.14. The van der Waals surface area contributed by atoms with Gasteiger partial charge in [-0.1, -0.05) is 12.1 Å². The van der Waals surface area contributed by atoms with Crippen LogP contribution < -0.4 is 10.6 Å². The minimum atomic E-state index is -0.535. The number of carbonyl (C=O) groups excluding carboxylic acids is 3. The van der Waals surface area contributed by atoms with Crippen LogP contribution in [-0.4, -0.2) is 51.2 Å². The van der Waals surface area contributed by atoms with Crippen LogP contribution >= 0.6 is 11.3 Å². The van der Waals surface area contributed by atoms with Crippen molar-refractivity contribution in [3.05, 3.63) is 65.3 Å². The lowest BCUT2D eigenvalue weighted by Crippen LogP contribution is -2.43. The Hall–Kier alpha value is -3.59. The minimum absolute atomic E-state index is 0.0803. The molecule has 5 rings (SSSR count). The zero-order valence-corrected chi connectivity index (χ0v) is 18.7. The number of amides is 3. The molecule has 2 aliphatic rings. The molecule has 1 aromatic carbocycles. The van der Waals surface area contributed by atoms with Gasteiger partial charge in [-0.3, -0.25) is 19.4 Å². The third-order valence-electron chi connectivity index (χ3n) is 5.81. The van der Waals surface area contributed by atoms with Crippen molar-refractivity contribution in [2.75, 3.05) is 11.9 Å². The molecule has 168 valence electrons. The van der Waals surface area contributed by atoms with Crippen LogP contribution in [0.4, 0.5) is 5.13 Å². The monoisotopic (exact) mass is 461 g/mol. The molecule has 2 N–H and O–H groups in total. The predicted octanol–water partition coefficient (Wildman–Crippen LogP) is 3.34. The lowest BCUT2D eigenvalue weighted by Gasteiger charge is -2.23. The molecule has 9 heteroatoms. The first kappa shape index (κ1) is 21.3. The maximum atomic E-state index is 13.0. The fraction of sp³-hybridized carbons (Fsp3) is 0.292. The molecule has 0 spiro atoms. The Kier molecular flexibility index (Phi) is 5.87. The third-order valence-corrected chi connectivity index (χ3v) is 6.57. The van der Waals surface area contributed by atoms with Gasteiger partial charge >= 0.3 is 0 Å². The zero-order chi connectivity index (χ0) is 22.8. The van der Waals surface area contributed by atoms with Crippen molar-refractivity contribution < 1.29 is 14.4 Å². The van der Waals surface area contributed by atoms with Crippen molar-refractivity contribution in [2.24, 2.45) is 0 Å². The van der Waals surface area contributed by atoms with Gasteiger partial charge < -0.3 is 15.5 Å². The first-order valence-corrected chi connectivity index (χ1v) is 11.8. The molecule has 3 amide bonds. The molecule has 1 aliphatic carbocycles. The van der Waals surface area contributed by atoms with Gasteiger partial charge in [0.15, 0.2) is 5.13 Å². The van der Waals surface area contributed by atoms with Crippen LogP contribution in [-0.2, 0) is 4.79 Å². The summed E-state index contributed by atoms with van der Waals surface area (Å²) < 4.78 is 0. The average molecular weight is 462 g/mol. The second-order valence-corrected chi connectivity index (χ2v) is 9.11. The molecule has 1 saturated carbocycles. The Morgan fingerprint density at radius 1 is 1.03 bits per heavy atom. The van der Waals surface area contributed by atoms with Gasteiger partial charge in [0, 0.05) is 47.1 Å². The van der Waals surface area contributed by atoms with E-state index in [1.165, 1.54) is 11.3 Å². The van der Waals surface area contributed by atoms with Crippen LogP contribution in [0.15, 0.2) is 54.2 Å². The third kappa shape index (κ3) is 4.78. The minimum Gasteiger partial charge on any atom is -0.349 e. The van der Waals surface area contributed by atoms with Gasteiger partial charge in [0.25, 0.3) is 11.8 Å². The molecule has 1 saturated heterocycles. The van der Waals surface area contributed by atoms with Crippen LogP contribution in [0.2, 0.25) is 0 Å². The van der Waals surface area contributed by atoms with E-state index in [1.807, 2.05) is 23.6 Å². The maximum absolute atomic E-state index is 13.0. The van der Waals surface area contributed by atoms with E-state index in [4.69, 9.17) is 0 Å². The largest absolute Gasteiger partial charge is 0.349 e. The van der Waals surface area contributed by atoms with Gasteiger partial charge in [0.1, 0.15) is 6.04 Å². The zero-order valence-electron chi connectivity index (χ0n) is 17.9. The number of hydrogen-bond donors (Lipinski definition) is 2. The number of nitrogens with one attached hydrogen (secondary N) is 2. The van der Waals surface area contributed by atoms with Gasteiger partial charge in [-0.2, -0.15) is 0 Å². The summed E-state index contributed by atoms with van der Waals surface area (Å²) in [6.07, 6.45) is 6.59. The Morgan fingerprint density at radius 2 is 1.85 bits per heavy atom. The van der Waals surface area contributed by atoms with Gasteiger partial charge in [-0.25, -0.2) is 4.98 Å². The molecule has 0 bridgehead atoms. The molecule has 1 aliphatic heterocycles. The molecule has 0 unspecified atom stereocenters. The van der Waals surface area contributed by atoms with Gasteiger partial charge in [-0.05, 0) is 49.9 Å².